The molecule has 3 N–H and O–H groups in total. The Balaban J connectivity index is 1.58. The fraction of sp³-hybridized carbons (Fsp3) is 0.0385. The number of aliphatic hydroxyl groups is 1. The third kappa shape index (κ3) is 4.60. The molecule has 180 valence electrons. The predicted octanol–water partition coefficient (Wildman–Crippen LogP) is 5.23. The van der Waals surface area contributed by atoms with Crippen LogP contribution in [0.2, 0.25) is 0 Å². The number of anilines is 1. The van der Waals surface area contributed by atoms with E-state index in [-0.39, 0.29) is 41.1 Å². The van der Waals surface area contributed by atoms with Crippen molar-refractivity contribution in [2.45, 2.75) is 6.61 Å². The summed E-state index contributed by atoms with van der Waals surface area (Å²) in [5.74, 6) is -0.663. The second kappa shape index (κ2) is 10.0. The highest BCUT2D eigenvalue weighted by atomic mass is 16.3. The molecule has 0 atom stereocenters. The molecule has 0 aliphatic carbocycles. The lowest BCUT2D eigenvalue weighted by molar-refractivity contribution is 0.102. The molecule has 37 heavy (non-hydrogen) atoms. The van der Waals surface area contributed by atoms with Crippen LogP contribution in [0.15, 0.2) is 89.5 Å². The molecular formula is C26H18N8O3. The Morgan fingerprint density at radius 1 is 1.05 bits per heavy atom. The van der Waals surface area contributed by atoms with Gasteiger partial charge in [0.2, 0.25) is 0 Å². The summed E-state index contributed by atoms with van der Waals surface area (Å²) in [4.78, 5) is 24.8. The van der Waals surface area contributed by atoms with Gasteiger partial charge in [0.15, 0.2) is 11.6 Å². The van der Waals surface area contributed by atoms with E-state index >= 15 is 0 Å². The van der Waals surface area contributed by atoms with Crippen molar-refractivity contribution in [1.82, 2.24) is 19.7 Å². The van der Waals surface area contributed by atoms with Gasteiger partial charge < -0.3 is 15.5 Å². The van der Waals surface area contributed by atoms with E-state index < -0.39 is 5.91 Å². The van der Waals surface area contributed by atoms with Crippen molar-refractivity contribution < 1.29 is 15.0 Å². The number of hydrogen-bond acceptors (Lipinski definition) is 8. The summed E-state index contributed by atoms with van der Waals surface area (Å²) in [5, 5.41) is 36.9. The highest BCUT2D eigenvalue weighted by Crippen LogP contribution is 2.40. The summed E-state index contributed by atoms with van der Waals surface area (Å²) in [6.07, 6.45) is 4.38. The van der Waals surface area contributed by atoms with Crippen LogP contribution in [0.3, 0.4) is 0 Å². The number of phenols is 1. The number of benzene rings is 3. The molecule has 2 heterocycles. The molecule has 0 aliphatic heterocycles. The number of aliphatic hydroxyl groups excluding tert-OH is 1. The maximum Gasteiger partial charge on any atom is 0.259 e. The van der Waals surface area contributed by atoms with Crippen LogP contribution < -0.4 is 5.32 Å². The zero-order valence-corrected chi connectivity index (χ0v) is 19.1. The number of aromatic nitrogens is 4. The Morgan fingerprint density at radius 2 is 1.81 bits per heavy atom. The van der Waals surface area contributed by atoms with Crippen molar-refractivity contribution in [3.05, 3.63) is 102 Å². The van der Waals surface area contributed by atoms with E-state index in [2.05, 4.69) is 35.5 Å². The minimum absolute atomic E-state index is 0.0100. The largest absolute Gasteiger partial charge is 0.505 e. The Bertz CT molecular complexity index is 1670. The van der Waals surface area contributed by atoms with Gasteiger partial charge in [0, 0.05) is 23.5 Å². The van der Waals surface area contributed by atoms with E-state index in [0.29, 0.717) is 22.0 Å². The molecule has 0 aliphatic rings. The molecule has 0 saturated carbocycles. The monoisotopic (exact) mass is 490 g/mol. The first kappa shape index (κ1) is 23.3. The molecule has 5 aromatic rings. The molecule has 11 nitrogen and oxygen atoms in total. The van der Waals surface area contributed by atoms with E-state index in [1.54, 1.807) is 60.7 Å². The molecule has 0 radical (unpaired) electrons. The fourth-order valence-electron chi connectivity index (χ4n) is 3.63. The first-order chi connectivity index (χ1) is 18.1. The number of carbonyl (C=O) groups is 1. The summed E-state index contributed by atoms with van der Waals surface area (Å²) in [7, 11) is 0. The number of amides is 1. The second-order valence-corrected chi connectivity index (χ2v) is 7.78. The smallest absolute Gasteiger partial charge is 0.259 e. The number of nitrogens with one attached hydrogen (secondary N) is 1. The Kier molecular flexibility index (Phi) is 6.31. The standard InChI is InChI=1S/C26H18N8O3/c1-27-21-14-30-34(26-28-11-4-12-29-26)24(21)33-32-22-19-6-3-2-5-17(19)13-20(23(22)36)25(37)31-18-9-7-16(15-35)8-10-18/h2-14,35-36H,15H2,(H,31,37). The highest BCUT2D eigenvalue weighted by molar-refractivity contribution is 6.11. The summed E-state index contributed by atoms with van der Waals surface area (Å²) in [6, 6.07) is 17.0. The minimum atomic E-state index is -0.555. The van der Waals surface area contributed by atoms with E-state index in [1.807, 2.05) is 0 Å². The van der Waals surface area contributed by atoms with E-state index in [0.717, 1.165) is 0 Å². The third-order valence-electron chi connectivity index (χ3n) is 5.47. The minimum Gasteiger partial charge on any atom is -0.505 e. The lowest BCUT2D eigenvalue weighted by atomic mass is 10.0. The molecule has 0 saturated heterocycles. The third-order valence-corrected chi connectivity index (χ3v) is 5.47. The maximum atomic E-state index is 13.1. The molecule has 0 bridgehead atoms. The van der Waals surface area contributed by atoms with Gasteiger partial charge in [-0.25, -0.2) is 14.8 Å². The van der Waals surface area contributed by atoms with Crippen LogP contribution in [0.25, 0.3) is 21.6 Å². The fourth-order valence-corrected chi connectivity index (χ4v) is 3.63. The quantitative estimate of drug-likeness (QED) is 0.220. The first-order valence-corrected chi connectivity index (χ1v) is 11.0. The van der Waals surface area contributed by atoms with Gasteiger partial charge in [-0.2, -0.15) is 9.78 Å². The molecule has 11 heteroatoms. The summed E-state index contributed by atoms with van der Waals surface area (Å²) in [6.45, 7) is 7.34. The SMILES string of the molecule is [C-]#[N+]c1cnn(-c2ncccn2)c1N=Nc1c(O)c(C(=O)Nc2ccc(CO)cc2)cc2ccccc12. The molecular weight excluding hydrogens is 472 g/mol. The van der Waals surface area contributed by atoms with Crippen LogP contribution >= 0.6 is 0 Å². The topological polar surface area (TPSA) is 142 Å². The Morgan fingerprint density at radius 3 is 2.54 bits per heavy atom. The average molecular weight is 490 g/mol. The molecule has 5 rings (SSSR count). The number of aromatic hydroxyl groups is 1. The summed E-state index contributed by atoms with van der Waals surface area (Å²) in [5.41, 5.74) is 1.35. The summed E-state index contributed by atoms with van der Waals surface area (Å²) >= 11 is 0. The van der Waals surface area contributed by atoms with E-state index in [4.69, 9.17) is 6.57 Å². The zero-order valence-electron chi connectivity index (χ0n) is 19.1. The number of fused-ring (bicyclic) bond motifs is 1. The van der Waals surface area contributed by atoms with Crippen molar-refractivity contribution in [2.24, 2.45) is 10.2 Å². The van der Waals surface area contributed by atoms with Gasteiger partial charge in [-0.3, -0.25) is 4.79 Å². The van der Waals surface area contributed by atoms with Gasteiger partial charge >= 0.3 is 0 Å². The first-order valence-electron chi connectivity index (χ1n) is 11.0. The van der Waals surface area contributed by atoms with Gasteiger partial charge in [0.1, 0.15) is 5.69 Å². The Hall–Kier alpha value is -5.47. The van der Waals surface area contributed by atoms with E-state index in [9.17, 15) is 15.0 Å². The molecule has 3 aromatic carbocycles. The predicted molar refractivity (Wildman–Crippen MR) is 136 cm³/mol. The highest BCUT2D eigenvalue weighted by Gasteiger charge is 2.20. The van der Waals surface area contributed by atoms with Crippen molar-refractivity contribution in [1.29, 1.82) is 0 Å². The normalized spacial score (nSPS) is 11.0. The Labute approximate surface area is 210 Å². The maximum absolute atomic E-state index is 13.1. The van der Waals surface area contributed by atoms with Crippen LogP contribution in [0.4, 0.5) is 22.9 Å². The average Bonchev–Trinajstić information content (AvgIpc) is 3.36. The van der Waals surface area contributed by atoms with Crippen molar-refractivity contribution in [3.8, 4) is 11.7 Å². The number of nitrogens with zero attached hydrogens (tertiary/aromatic N) is 7. The lowest BCUT2D eigenvalue weighted by Gasteiger charge is -2.11. The van der Waals surface area contributed by atoms with Crippen LogP contribution in [0.5, 0.6) is 5.75 Å². The van der Waals surface area contributed by atoms with Crippen LogP contribution in [0.1, 0.15) is 15.9 Å². The van der Waals surface area contributed by atoms with Crippen LogP contribution in [-0.2, 0) is 6.61 Å². The molecule has 0 spiro atoms. The van der Waals surface area contributed by atoms with Crippen molar-refractivity contribution in [3.63, 3.8) is 0 Å². The van der Waals surface area contributed by atoms with Crippen LogP contribution in [0, 0.1) is 6.57 Å². The van der Waals surface area contributed by atoms with Gasteiger partial charge in [-0.1, -0.05) is 36.4 Å². The number of azo groups is 1. The van der Waals surface area contributed by atoms with Gasteiger partial charge in [0.05, 0.1) is 24.9 Å². The van der Waals surface area contributed by atoms with Crippen molar-refractivity contribution in [2.75, 3.05) is 5.32 Å². The molecule has 2 aromatic heterocycles. The lowest BCUT2D eigenvalue weighted by Crippen LogP contribution is -2.12. The number of phenolic OH excluding ortho intramolecular Hbond substituents is 1. The van der Waals surface area contributed by atoms with E-state index in [1.165, 1.54) is 23.3 Å². The van der Waals surface area contributed by atoms with Gasteiger partial charge in [0.25, 0.3) is 17.5 Å². The zero-order chi connectivity index (χ0) is 25.8. The van der Waals surface area contributed by atoms with Gasteiger partial charge in [-0.15, -0.1) is 10.2 Å². The second-order valence-electron chi connectivity index (χ2n) is 7.78. The van der Waals surface area contributed by atoms with Crippen LogP contribution in [-0.4, -0.2) is 35.9 Å². The molecule has 1 amide bonds. The summed E-state index contributed by atoms with van der Waals surface area (Å²) < 4.78 is 1.27. The molecule has 0 fully saturated rings. The number of rotatable bonds is 6. The number of hydrogen-bond donors (Lipinski definition) is 3. The van der Waals surface area contributed by atoms with Crippen molar-refractivity contribution >= 4 is 39.6 Å². The van der Waals surface area contributed by atoms with Gasteiger partial charge in [-0.05, 0) is 35.2 Å². The molecule has 0 unspecified atom stereocenters. The number of carbonyl (C=O) groups excluding carboxylic acids is 1.